The molecule has 2 amide bonds. The lowest BCUT2D eigenvalue weighted by Crippen LogP contribution is -2.31. The number of carbonyl (C=O) groups is 2. The topological polar surface area (TPSA) is 73.2 Å². The summed E-state index contributed by atoms with van der Waals surface area (Å²) >= 11 is 13.4. The normalized spacial score (nSPS) is 16.8. The summed E-state index contributed by atoms with van der Waals surface area (Å²) in [5.74, 6) is -0.813. The number of nitrogens with one attached hydrogen (secondary N) is 1. The van der Waals surface area contributed by atoms with Crippen LogP contribution >= 0.6 is 35.0 Å². The molecule has 0 saturated carbocycles. The average molecular weight is 508 g/mol. The summed E-state index contributed by atoms with van der Waals surface area (Å²) in [5.41, 5.74) is 2.79. The Bertz CT molecular complexity index is 1320. The lowest BCUT2D eigenvalue weighted by atomic mass is 10.1. The number of hydrogen-bond acceptors (Lipinski definition) is 4. The van der Waals surface area contributed by atoms with E-state index in [2.05, 4.69) is 5.32 Å². The number of amides is 2. The summed E-state index contributed by atoms with van der Waals surface area (Å²) in [5, 5.41) is 13.5. The fraction of sp³-hybridized carbons (Fsp3) is 0.115. The molecule has 3 aromatic rings. The van der Waals surface area contributed by atoms with Crippen molar-refractivity contribution in [2.75, 3.05) is 10.2 Å². The van der Waals surface area contributed by atoms with Crippen molar-refractivity contribution in [3.63, 3.8) is 0 Å². The maximum Gasteiger partial charge on any atom is 0.269 e. The van der Waals surface area contributed by atoms with Crippen LogP contribution in [0.15, 0.2) is 83.4 Å². The third-order valence-electron chi connectivity index (χ3n) is 5.26. The third kappa shape index (κ3) is 5.13. The lowest BCUT2D eigenvalue weighted by Gasteiger charge is -2.19. The second-order valence-electron chi connectivity index (χ2n) is 7.66. The molecule has 1 saturated heterocycles. The SMILES string of the molecule is Cc1ccc(N2C(=O)[C@H](Cc3ccccc3Cl)S/C2=C(\C#N)C(=O)Nc2ccc(Cl)cc2)cc1. The molecule has 1 N–H and O–H groups in total. The number of halogens is 2. The largest absolute Gasteiger partial charge is 0.321 e. The number of thioether (sulfide) groups is 1. The van der Waals surface area contributed by atoms with Gasteiger partial charge in [0.15, 0.2) is 0 Å². The molecule has 170 valence electrons. The average Bonchev–Trinajstić information content (AvgIpc) is 3.13. The number of anilines is 2. The van der Waals surface area contributed by atoms with E-state index >= 15 is 0 Å². The predicted octanol–water partition coefficient (Wildman–Crippen LogP) is 6.37. The van der Waals surface area contributed by atoms with Gasteiger partial charge in [-0.3, -0.25) is 14.5 Å². The molecule has 1 heterocycles. The summed E-state index contributed by atoms with van der Waals surface area (Å²) in [4.78, 5) is 28.1. The van der Waals surface area contributed by atoms with Crippen molar-refractivity contribution in [1.29, 1.82) is 5.26 Å². The molecule has 0 aliphatic carbocycles. The molecule has 3 aromatic carbocycles. The molecule has 4 rings (SSSR count). The Hall–Kier alpha value is -3.24. The van der Waals surface area contributed by atoms with Crippen molar-refractivity contribution in [2.24, 2.45) is 0 Å². The zero-order valence-corrected chi connectivity index (χ0v) is 20.4. The quantitative estimate of drug-likeness (QED) is 0.321. The van der Waals surface area contributed by atoms with Crippen LogP contribution in [0.3, 0.4) is 0 Å². The Labute approximate surface area is 212 Å². The number of carbonyl (C=O) groups excluding carboxylic acids is 2. The van der Waals surface area contributed by atoms with E-state index in [0.29, 0.717) is 32.9 Å². The minimum atomic E-state index is -0.601. The molecule has 0 radical (unpaired) electrons. The molecule has 1 atom stereocenters. The van der Waals surface area contributed by atoms with E-state index in [1.54, 1.807) is 42.5 Å². The van der Waals surface area contributed by atoms with Gasteiger partial charge in [-0.15, -0.1) is 0 Å². The van der Waals surface area contributed by atoms with E-state index in [1.165, 1.54) is 16.7 Å². The summed E-state index contributed by atoms with van der Waals surface area (Å²) in [6.45, 7) is 1.95. The first-order chi connectivity index (χ1) is 16.4. The standard InChI is InChI=1S/C26H19Cl2N3O2S/c1-16-6-12-20(13-7-16)31-25(33)23(14-17-4-2-3-5-22(17)28)34-26(31)21(15-29)24(32)30-19-10-8-18(27)9-11-19/h2-13,23H,14H2,1H3,(H,30,32)/b26-21+/t23-/m0/s1. The van der Waals surface area contributed by atoms with Crippen molar-refractivity contribution >= 4 is 58.2 Å². The summed E-state index contributed by atoms with van der Waals surface area (Å²) in [6.07, 6.45) is 0.368. The number of hydrogen-bond donors (Lipinski definition) is 1. The van der Waals surface area contributed by atoms with Gasteiger partial charge < -0.3 is 5.32 Å². The number of benzene rings is 3. The maximum atomic E-state index is 13.5. The van der Waals surface area contributed by atoms with Gasteiger partial charge >= 0.3 is 0 Å². The fourth-order valence-electron chi connectivity index (χ4n) is 3.51. The summed E-state index contributed by atoms with van der Waals surface area (Å²) in [7, 11) is 0. The minimum Gasteiger partial charge on any atom is -0.321 e. The number of aryl methyl sites for hydroxylation is 1. The molecule has 1 fully saturated rings. The van der Waals surface area contributed by atoms with Gasteiger partial charge in [0.2, 0.25) is 5.91 Å². The molecule has 8 heteroatoms. The van der Waals surface area contributed by atoms with Crippen LogP contribution in [0.5, 0.6) is 0 Å². The molecule has 5 nitrogen and oxygen atoms in total. The van der Waals surface area contributed by atoms with Gasteiger partial charge in [-0.25, -0.2) is 0 Å². The van der Waals surface area contributed by atoms with Crippen molar-refractivity contribution in [3.8, 4) is 6.07 Å². The van der Waals surface area contributed by atoms with E-state index in [0.717, 1.165) is 11.1 Å². The van der Waals surface area contributed by atoms with Crippen LogP contribution in [-0.2, 0) is 16.0 Å². The molecular formula is C26H19Cl2N3O2S. The first kappa shape index (κ1) is 23.9. The van der Waals surface area contributed by atoms with Gasteiger partial charge in [0.05, 0.1) is 5.25 Å². The molecule has 0 unspecified atom stereocenters. The van der Waals surface area contributed by atoms with E-state index in [1.807, 2.05) is 43.3 Å². The zero-order chi connectivity index (χ0) is 24.2. The van der Waals surface area contributed by atoms with Crippen molar-refractivity contribution < 1.29 is 9.59 Å². The van der Waals surface area contributed by atoms with Gasteiger partial charge in [-0.1, -0.05) is 70.9 Å². The summed E-state index contributed by atoms with van der Waals surface area (Å²) in [6, 6.07) is 23.3. The molecule has 1 aliphatic heterocycles. The van der Waals surface area contributed by atoms with Gasteiger partial charge in [0.1, 0.15) is 16.7 Å². The lowest BCUT2D eigenvalue weighted by molar-refractivity contribution is -0.117. The highest BCUT2D eigenvalue weighted by atomic mass is 35.5. The van der Waals surface area contributed by atoms with Crippen molar-refractivity contribution in [1.82, 2.24) is 0 Å². The highest BCUT2D eigenvalue weighted by Crippen LogP contribution is 2.42. The van der Waals surface area contributed by atoms with Gasteiger partial charge in [0.25, 0.3) is 5.91 Å². The third-order valence-corrected chi connectivity index (χ3v) is 7.15. The Morgan fingerprint density at radius 1 is 1.06 bits per heavy atom. The van der Waals surface area contributed by atoms with Crippen LogP contribution in [-0.4, -0.2) is 17.1 Å². The van der Waals surface area contributed by atoms with E-state index < -0.39 is 11.2 Å². The number of rotatable bonds is 5. The van der Waals surface area contributed by atoms with E-state index in [9.17, 15) is 14.9 Å². The van der Waals surface area contributed by atoms with Crippen molar-refractivity contribution in [3.05, 3.63) is 105 Å². The molecule has 0 spiro atoms. The van der Waals surface area contributed by atoms with E-state index in [4.69, 9.17) is 23.2 Å². The Morgan fingerprint density at radius 3 is 2.38 bits per heavy atom. The molecular weight excluding hydrogens is 489 g/mol. The Morgan fingerprint density at radius 2 is 1.74 bits per heavy atom. The zero-order valence-electron chi connectivity index (χ0n) is 18.1. The number of nitriles is 1. The predicted molar refractivity (Wildman–Crippen MR) is 138 cm³/mol. The number of nitrogens with zero attached hydrogens (tertiary/aromatic N) is 2. The summed E-state index contributed by atoms with van der Waals surface area (Å²) < 4.78 is 0. The molecule has 0 bridgehead atoms. The van der Waals surface area contributed by atoms with Crippen LogP contribution in [0.4, 0.5) is 11.4 Å². The highest BCUT2D eigenvalue weighted by molar-refractivity contribution is 8.05. The monoisotopic (exact) mass is 507 g/mol. The first-order valence-corrected chi connectivity index (χ1v) is 12.0. The van der Waals surface area contributed by atoms with Crippen LogP contribution in [0.25, 0.3) is 0 Å². The molecule has 34 heavy (non-hydrogen) atoms. The van der Waals surface area contributed by atoms with Crippen molar-refractivity contribution in [2.45, 2.75) is 18.6 Å². The smallest absolute Gasteiger partial charge is 0.269 e. The first-order valence-electron chi connectivity index (χ1n) is 10.4. The highest BCUT2D eigenvalue weighted by Gasteiger charge is 2.41. The Balaban J connectivity index is 1.73. The van der Waals surface area contributed by atoms with Crippen LogP contribution < -0.4 is 10.2 Å². The Kier molecular flexibility index (Phi) is 7.28. The molecule has 1 aliphatic rings. The minimum absolute atomic E-state index is 0.143. The second-order valence-corrected chi connectivity index (χ2v) is 9.70. The van der Waals surface area contributed by atoms with Gasteiger partial charge in [-0.05, 0) is 61.4 Å². The van der Waals surface area contributed by atoms with Crippen LogP contribution in [0.1, 0.15) is 11.1 Å². The molecule has 0 aromatic heterocycles. The van der Waals surface area contributed by atoms with Crippen LogP contribution in [0, 0.1) is 18.3 Å². The second kappa shape index (κ2) is 10.4. The van der Waals surface area contributed by atoms with Crippen LogP contribution in [0.2, 0.25) is 10.0 Å². The van der Waals surface area contributed by atoms with E-state index in [-0.39, 0.29) is 11.5 Å². The van der Waals surface area contributed by atoms with Gasteiger partial charge in [0, 0.05) is 21.4 Å². The maximum absolute atomic E-state index is 13.5. The fourth-order valence-corrected chi connectivity index (χ4v) is 5.14. The van der Waals surface area contributed by atoms with Gasteiger partial charge in [-0.2, -0.15) is 5.26 Å².